The molecule has 0 aliphatic carbocycles. The molecule has 0 bridgehead atoms. The molecule has 36 heavy (non-hydrogen) atoms. The Hall–Kier alpha value is -4.66. The summed E-state index contributed by atoms with van der Waals surface area (Å²) in [5.74, 6) is -1.82. The zero-order valence-electron chi connectivity index (χ0n) is 19.4. The van der Waals surface area contributed by atoms with Crippen molar-refractivity contribution in [3.63, 3.8) is 0 Å². The molecular weight excluding hydrogens is 465 g/mol. The average molecular weight is 490 g/mol. The molecule has 3 N–H and O–H groups in total. The maximum absolute atomic E-state index is 13.3. The number of halogens is 1. The number of amides is 2. The summed E-state index contributed by atoms with van der Waals surface area (Å²) in [6, 6.07) is 18.1. The molecule has 1 heterocycles. The van der Waals surface area contributed by atoms with Crippen LogP contribution in [0.1, 0.15) is 15.9 Å². The molecule has 1 unspecified atom stereocenters. The van der Waals surface area contributed by atoms with Crippen LogP contribution in [0.4, 0.5) is 10.1 Å². The summed E-state index contributed by atoms with van der Waals surface area (Å²) < 4.78 is 23.6. The first-order valence-electron chi connectivity index (χ1n) is 11.1. The van der Waals surface area contributed by atoms with Crippen LogP contribution in [0.15, 0.2) is 79.0 Å². The number of para-hydroxylation sites is 1. The molecule has 0 aliphatic rings. The first kappa shape index (κ1) is 24.5. The van der Waals surface area contributed by atoms with E-state index in [1.165, 1.54) is 19.2 Å². The van der Waals surface area contributed by atoms with Crippen molar-refractivity contribution in [2.45, 2.75) is 12.5 Å². The number of nitrogens with one attached hydrogen (secondary N) is 3. The van der Waals surface area contributed by atoms with E-state index in [4.69, 9.17) is 9.47 Å². The number of hydrogen-bond donors (Lipinski definition) is 3. The lowest BCUT2D eigenvalue weighted by molar-refractivity contribution is -0.149. The number of aromatic nitrogens is 1. The van der Waals surface area contributed by atoms with E-state index in [-0.39, 0.29) is 12.0 Å². The lowest BCUT2D eigenvalue weighted by atomic mass is 10.0. The highest BCUT2D eigenvalue weighted by atomic mass is 19.1. The Kier molecular flexibility index (Phi) is 7.60. The third kappa shape index (κ3) is 6.06. The average Bonchev–Trinajstić information content (AvgIpc) is 3.30. The van der Waals surface area contributed by atoms with Crippen LogP contribution in [0, 0.1) is 5.82 Å². The molecule has 184 valence electrons. The molecule has 3 aromatic carbocycles. The molecule has 4 aromatic rings. The number of ether oxygens (including phenoxy) is 2. The molecule has 1 aromatic heterocycles. The van der Waals surface area contributed by atoms with Gasteiger partial charge in [-0.3, -0.25) is 9.59 Å². The summed E-state index contributed by atoms with van der Waals surface area (Å²) in [6.07, 6.45) is 1.87. The van der Waals surface area contributed by atoms with Crippen LogP contribution in [0.25, 0.3) is 10.9 Å². The van der Waals surface area contributed by atoms with E-state index < -0.39 is 36.2 Å². The number of H-pyrrole nitrogens is 1. The highest BCUT2D eigenvalue weighted by Gasteiger charge is 2.25. The number of carbonyl (C=O) groups excluding carboxylic acids is 3. The van der Waals surface area contributed by atoms with Crippen LogP contribution >= 0.6 is 0 Å². The van der Waals surface area contributed by atoms with Gasteiger partial charge >= 0.3 is 5.97 Å². The van der Waals surface area contributed by atoms with Crippen molar-refractivity contribution >= 4 is 34.4 Å². The molecule has 0 fully saturated rings. The second-order valence-corrected chi connectivity index (χ2v) is 7.98. The van der Waals surface area contributed by atoms with Gasteiger partial charge < -0.3 is 25.1 Å². The molecule has 8 nitrogen and oxygen atoms in total. The van der Waals surface area contributed by atoms with Crippen LogP contribution in [0.5, 0.6) is 5.75 Å². The van der Waals surface area contributed by atoms with Crippen LogP contribution in [0.3, 0.4) is 0 Å². The van der Waals surface area contributed by atoms with Crippen molar-refractivity contribution < 1.29 is 28.2 Å². The van der Waals surface area contributed by atoms with Crippen molar-refractivity contribution in [3.05, 3.63) is 95.9 Å². The summed E-state index contributed by atoms with van der Waals surface area (Å²) in [5, 5.41) is 6.17. The SMILES string of the molecule is COc1cccc(NC(=O)COC(=O)C(Cc2c[nH]c3ccccc23)NC(=O)c2ccc(F)cc2)c1. The van der Waals surface area contributed by atoms with Gasteiger partial charge in [-0.05, 0) is 48.0 Å². The summed E-state index contributed by atoms with van der Waals surface area (Å²) in [4.78, 5) is 41.2. The minimum atomic E-state index is -1.09. The number of methoxy groups -OCH3 is 1. The second kappa shape index (κ2) is 11.2. The van der Waals surface area contributed by atoms with Crippen molar-refractivity contribution in [3.8, 4) is 5.75 Å². The van der Waals surface area contributed by atoms with Crippen LogP contribution in [-0.4, -0.2) is 42.5 Å². The monoisotopic (exact) mass is 489 g/mol. The maximum atomic E-state index is 13.3. The molecule has 0 aliphatic heterocycles. The summed E-state index contributed by atoms with van der Waals surface area (Å²) in [5.41, 5.74) is 2.33. The van der Waals surface area contributed by atoms with E-state index >= 15 is 0 Å². The molecule has 0 spiro atoms. The number of fused-ring (bicyclic) bond motifs is 1. The fourth-order valence-corrected chi connectivity index (χ4v) is 3.69. The van der Waals surface area contributed by atoms with Gasteiger partial charge in [0, 0.05) is 40.8 Å². The van der Waals surface area contributed by atoms with Gasteiger partial charge in [0.15, 0.2) is 6.61 Å². The third-order valence-corrected chi connectivity index (χ3v) is 5.49. The lowest BCUT2D eigenvalue weighted by Gasteiger charge is -2.18. The number of esters is 1. The molecule has 1 atom stereocenters. The van der Waals surface area contributed by atoms with Gasteiger partial charge in [0.2, 0.25) is 0 Å². The van der Waals surface area contributed by atoms with Gasteiger partial charge in [0.1, 0.15) is 17.6 Å². The van der Waals surface area contributed by atoms with E-state index in [1.807, 2.05) is 24.3 Å². The fourth-order valence-electron chi connectivity index (χ4n) is 3.69. The van der Waals surface area contributed by atoms with E-state index in [9.17, 15) is 18.8 Å². The lowest BCUT2D eigenvalue weighted by Crippen LogP contribution is -2.44. The fraction of sp³-hybridized carbons (Fsp3) is 0.148. The van der Waals surface area contributed by atoms with E-state index in [2.05, 4.69) is 15.6 Å². The van der Waals surface area contributed by atoms with E-state index in [0.717, 1.165) is 28.6 Å². The molecule has 0 saturated carbocycles. The number of rotatable bonds is 9. The summed E-state index contributed by atoms with van der Waals surface area (Å²) in [6.45, 7) is -0.549. The molecular formula is C27H24FN3O5. The van der Waals surface area contributed by atoms with E-state index in [1.54, 1.807) is 30.5 Å². The first-order valence-corrected chi connectivity index (χ1v) is 11.1. The minimum absolute atomic E-state index is 0.118. The van der Waals surface area contributed by atoms with Crippen LogP contribution in [-0.2, 0) is 20.7 Å². The number of hydrogen-bond acceptors (Lipinski definition) is 5. The Bertz CT molecular complexity index is 1380. The normalized spacial score (nSPS) is 11.5. The van der Waals surface area contributed by atoms with Gasteiger partial charge in [-0.25, -0.2) is 9.18 Å². The molecule has 4 rings (SSSR count). The number of anilines is 1. The van der Waals surface area contributed by atoms with Crippen LogP contribution in [0.2, 0.25) is 0 Å². The Morgan fingerprint density at radius 3 is 2.56 bits per heavy atom. The van der Waals surface area contributed by atoms with Crippen molar-refractivity contribution in [1.82, 2.24) is 10.3 Å². The zero-order chi connectivity index (χ0) is 25.5. The summed E-state index contributed by atoms with van der Waals surface area (Å²) in [7, 11) is 1.51. The molecule has 0 radical (unpaired) electrons. The Labute approximate surface area is 206 Å². The molecule has 2 amide bonds. The van der Waals surface area contributed by atoms with Gasteiger partial charge in [-0.15, -0.1) is 0 Å². The zero-order valence-corrected chi connectivity index (χ0v) is 19.4. The van der Waals surface area contributed by atoms with Gasteiger partial charge in [0.25, 0.3) is 11.8 Å². The van der Waals surface area contributed by atoms with Crippen molar-refractivity contribution in [2.75, 3.05) is 19.0 Å². The van der Waals surface area contributed by atoms with Crippen molar-refractivity contribution in [1.29, 1.82) is 0 Å². The Morgan fingerprint density at radius 1 is 1.00 bits per heavy atom. The predicted octanol–water partition coefficient (Wildman–Crippen LogP) is 3.84. The number of carbonyl (C=O) groups is 3. The maximum Gasteiger partial charge on any atom is 0.329 e. The summed E-state index contributed by atoms with van der Waals surface area (Å²) >= 11 is 0. The smallest absolute Gasteiger partial charge is 0.329 e. The topological polar surface area (TPSA) is 110 Å². The van der Waals surface area contributed by atoms with Crippen LogP contribution < -0.4 is 15.4 Å². The number of aromatic amines is 1. The Morgan fingerprint density at radius 2 is 1.78 bits per heavy atom. The first-order chi connectivity index (χ1) is 17.4. The molecule has 0 saturated heterocycles. The molecule has 9 heteroatoms. The third-order valence-electron chi connectivity index (χ3n) is 5.49. The predicted molar refractivity (Wildman–Crippen MR) is 132 cm³/mol. The minimum Gasteiger partial charge on any atom is -0.497 e. The van der Waals surface area contributed by atoms with E-state index in [0.29, 0.717) is 11.4 Å². The largest absolute Gasteiger partial charge is 0.497 e. The number of benzene rings is 3. The van der Waals surface area contributed by atoms with Gasteiger partial charge in [-0.2, -0.15) is 0 Å². The standard InChI is InChI=1S/C27H24FN3O5/c1-35-21-6-4-5-20(14-21)30-25(32)16-36-27(34)24(31-26(33)17-9-11-19(28)12-10-17)13-18-15-29-23-8-3-2-7-22(18)23/h2-12,14-15,24,29H,13,16H2,1H3,(H,30,32)(H,31,33). The highest BCUT2D eigenvalue weighted by molar-refractivity contribution is 5.98. The Balaban J connectivity index is 1.46. The highest BCUT2D eigenvalue weighted by Crippen LogP contribution is 2.20. The van der Waals surface area contributed by atoms with Gasteiger partial charge in [0.05, 0.1) is 7.11 Å². The second-order valence-electron chi connectivity index (χ2n) is 7.98. The quantitative estimate of drug-likeness (QED) is 0.310. The van der Waals surface area contributed by atoms with Gasteiger partial charge in [-0.1, -0.05) is 24.3 Å². The van der Waals surface area contributed by atoms with Crippen molar-refractivity contribution in [2.24, 2.45) is 0 Å².